The van der Waals surface area contributed by atoms with Gasteiger partial charge < -0.3 is 5.11 Å². The molecular formula is C11H16N4O. The highest BCUT2D eigenvalue weighted by Crippen LogP contribution is 2.20. The zero-order valence-corrected chi connectivity index (χ0v) is 9.54. The summed E-state index contributed by atoms with van der Waals surface area (Å²) in [6, 6.07) is 0. The molecule has 2 aromatic rings. The zero-order chi connectivity index (χ0) is 11.5. The van der Waals surface area contributed by atoms with Gasteiger partial charge in [-0.2, -0.15) is 10.2 Å². The lowest BCUT2D eigenvalue weighted by molar-refractivity contribution is 0.220. The summed E-state index contributed by atoms with van der Waals surface area (Å²) in [7, 11) is 0. The van der Waals surface area contributed by atoms with E-state index in [0.717, 1.165) is 24.2 Å². The molecule has 0 aliphatic carbocycles. The van der Waals surface area contributed by atoms with E-state index in [1.165, 1.54) is 0 Å². The van der Waals surface area contributed by atoms with Crippen LogP contribution in [0.5, 0.6) is 0 Å². The summed E-state index contributed by atoms with van der Waals surface area (Å²) >= 11 is 0. The molecule has 0 bridgehead atoms. The lowest BCUT2D eigenvalue weighted by Gasteiger charge is -2.04. The van der Waals surface area contributed by atoms with Crippen molar-refractivity contribution in [2.24, 2.45) is 0 Å². The fourth-order valence-electron chi connectivity index (χ4n) is 1.58. The Morgan fingerprint density at radius 2 is 1.50 bits per heavy atom. The maximum Gasteiger partial charge on any atom is 0.110 e. The van der Waals surface area contributed by atoms with Gasteiger partial charge in [0, 0.05) is 36.6 Å². The largest absolute Gasteiger partial charge is 0.383 e. The Morgan fingerprint density at radius 3 is 1.81 bits per heavy atom. The summed E-state index contributed by atoms with van der Waals surface area (Å²) in [5.74, 6) is 0. The van der Waals surface area contributed by atoms with Crippen LogP contribution in [0.1, 0.15) is 31.1 Å². The molecule has 0 aliphatic heterocycles. The van der Waals surface area contributed by atoms with Crippen LogP contribution < -0.4 is 0 Å². The monoisotopic (exact) mass is 220 g/mol. The molecule has 0 fully saturated rings. The van der Waals surface area contributed by atoms with Crippen LogP contribution in [0.25, 0.3) is 0 Å². The molecule has 0 aromatic carbocycles. The summed E-state index contributed by atoms with van der Waals surface area (Å²) in [5.41, 5.74) is 1.61. The predicted octanol–water partition coefficient (Wildman–Crippen LogP) is 1.20. The Labute approximate surface area is 94.3 Å². The Kier molecular flexibility index (Phi) is 3.05. The highest BCUT2D eigenvalue weighted by atomic mass is 16.3. The van der Waals surface area contributed by atoms with Crippen LogP contribution in [-0.2, 0) is 13.1 Å². The fraction of sp³-hybridized carbons (Fsp3) is 0.455. The number of nitrogens with zero attached hydrogens (tertiary/aromatic N) is 4. The first-order valence-corrected chi connectivity index (χ1v) is 5.47. The lowest BCUT2D eigenvalue weighted by atomic mass is 10.1. The van der Waals surface area contributed by atoms with Crippen molar-refractivity contribution in [3.05, 3.63) is 35.9 Å². The Morgan fingerprint density at radius 1 is 1.06 bits per heavy atom. The molecule has 2 rings (SSSR count). The van der Waals surface area contributed by atoms with Gasteiger partial charge in [0.05, 0.1) is 12.4 Å². The molecule has 0 atom stereocenters. The molecule has 0 radical (unpaired) electrons. The number of rotatable bonds is 4. The van der Waals surface area contributed by atoms with Crippen LogP contribution in [-0.4, -0.2) is 24.7 Å². The van der Waals surface area contributed by atoms with Crippen molar-refractivity contribution in [1.29, 1.82) is 0 Å². The quantitative estimate of drug-likeness (QED) is 0.842. The first-order chi connectivity index (χ1) is 7.74. The van der Waals surface area contributed by atoms with E-state index in [2.05, 4.69) is 10.2 Å². The molecule has 2 aromatic heterocycles. The minimum atomic E-state index is -0.638. The molecule has 86 valence electrons. The van der Waals surface area contributed by atoms with Gasteiger partial charge in [-0.15, -0.1) is 0 Å². The van der Waals surface area contributed by atoms with Gasteiger partial charge in [0.1, 0.15) is 6.10 Å². The van der Waals surface area contributed by atoms with Gasteiger partial charge in [-0.25, -0.2) is 0 Å². The molecule has 0 aliphatic rings. The first-order valence-electron chi connectivity index (χ1n) is 5.47. The van der Waals surface area contributed by atoms with E-state index < -0.39 is 6.10 Å². The van der Waals surface area contributed by atoms with Crippen molar-refractivity contribution in [1.82, 2.24) is 19.6 Å². The SMILES string of the molecule is CCn1cc(C(O)c2cnn(CC)c2)cn1. The zero-order valence-electron chi connectivity index (χ0n) is 9.54. The van der Waals surface area contributed by atoms with Crippen molar-refractivity contribution in [2.45, 2.75) is 33.0 Å². The summed E-state index contributed by atoms with van der Waals surface area (Å²) in [5, 5.41) is 18.4. The van der Waals surface area contributed by atoms with Crippen LogP contribution >= 0.6 is 0 Å². The van der Waals surface area contributed by atoms with Gasteiger partial charge in [0.15, 0.2) is 0 Å². The minimum absolute atomic E-state index is 0.638. The molecule has 16 heavy (non-hydrogen) atoms. The normalized spacial score (nSPS) is 11.2. The van der Waals surface area contributed by atoms with E-state index in [1.54, 1.807) is 21.8 Å². The Hall–Kier alpha value is -1.62. The molecule has 5 heteroatoms. The van der Waals surface area contributed by atoms with Crippen LogP contribution in [0, 0.1) is 0 Å². The molecule has 0 spiro atoms. The molecule has 0 amide bonds. The predicted molar refractivity (Wildman–Crippen MR) is 59.9 cm³/mol. The third-order valence-electron chi connectivity index (χ3n) is 2.59. The average Bonchev–Trinajstić information content (AvgIpc) is 2.97. The molecule has 0 saturated heterocycles. The number of hydrogen-bond acceptors (Lipinski definition) is 3. The van der Waals surface area contributed by atoms with E-state index >= 15 is 0 Å². The van der Waals surface area contributed by atoms with Gasteiger partial charge in [-0.05, 0) is 13.8 Å². The maximum atomic E-state index is 10.1. The third-order valence-corrected chi connectivity index (χ3v) is 2.59. The van der Waals surface area contributed by atoms with E-state index in [0.29, 0.717) is 0 Å². The molecule has 2 heterocycles. The van der Waals surface area contributed by atoms with Crippen molar-refractivity contribution >= 4 is 0 Å². The van der Waals surface area contributed by atoms with Crippen LogP contribution in [0.4, 0.5) is 0 Å². The van der Waals surface area contributed by atoms with Crippen molar-refractivity contribution < 1.29 is 5.11 Å². The van der Waals surface area contributed by atoms with E-state index in [1.807, 2.05) is 26.2 Å². The fourth-order valence-corrected chi connectivity index (χ4v) is 1.58. The van der Waals surface area contributed by atoms with Crippen molar-refractivity contribution in [3.63, 3.8) is 0 Å². The molecule has 0 saturated carbocycles. The number of aryl methyl sites for hydroxylation is 2. The number of aliphatic hydroxyl groups is 1. The highest BCUT2D eigenvalue weighted by molar-refractivity contribution is 5.22. The van der Waals surface area contributed by atoms with E-state index in [9.17, 15) is 5.11 Å². The molecule has 5 nitrogen and oxygen atoms in total. The van der Waals surface area contributed by atoms with E-state index in [4.69, 9.17) is 0 Å². The third kappa shape index (κ3) is 1.99. The maximum absolute atomic E-state index is 10.1. The molecule has 0 unspecified atom stereocenters. The second-order valence-electron chi connectivity index (χ2n) is 3.66. The number of aromatic nitrogens is 4. The summed E-state index contributed by atoms with van der Waals surface area (Å²) in [6.07, 6.45) is 6.46. The van der Waals surface area contributed by atoms with Crippen LogP contribution in [0.2, 0.25) is 0 Å². The highest BCUT2D eigenvalue weighted by Gasteiger charge is 2.14. The van der Waals surface area contributed by atoms with Crippen molar-refractivity contribution in [3.8, 4) is 0 Å². The van der Waals surface area contributed by atoms with Gasteiger partial charge in [0.2, 0.25) is 0 Å². The summed E-state index contributed by atoms with van der Waals surface area (Å²) < 4.78 is 3.59. The van der Waals surface area contributed by atoms with Crippen LogP contribution in [0.15, 0.2) is 24.8 Å². The minimum Gasteiger partial charge on any atom is -0.383 e. The Balaban J connectivity index is 2.20. The van der Waals surface area contributed by atoms with Gasteiger partial charge in [-0.1, -0.05) is 0 Å². The molecular weight excluding hydrogens is 204 g/mol. The van der Waals surface area contributed by atoms with Gasteiger partial charge in [-0.3, -0.25) is 9.36 Å². The standard InChI is InChI=1S/C11H16N4O/c1-3-14-7-9(5-12-14)11(16)10-6-13-15(4-2)8-10/h5-8,11,16H,3-4H2,1-2H3. The van der Waals surface area contributed by atoms with Crippen molar-refractivity contribution in [2.75, 3.05) is 0 Å². The number of hydrogen-bond donors (Lipinski definition) is 1. The van der Waals surface area contributed by atoms with E-state index in [-0.39, 0.29) is 0 Å². The smallest absolute Gasteiger partial charge is 0.110 e. The van der Waals surface area contributed by atoms with Gasteiger partial charge >= 0.3 is 0 Å². The second-order valence-corrected chi connectivity index (χ2v) is 3.66. The summed E-state index contributed by atoms with van der Waals surface area (Å²) in [4.78, 5) is 0. The topological polar surface area (TPSA) is 55.9 Å². The first kappa shape index (κ1) is 10.9. The Bertz CT molecular complexity index is 418. The molecule has 1 N–H and O–H groups in total. The summed E-state index contributed by atoms with van der Waals surface area (Å²) in [6.45, 7) is 5.64. The average molecular weight is 220 g/mol. The van der Waals surface area contributed by atoms with Crippen LogP contribution in [0.3, 0.4) is 0 Å². The van der Waals surface area contributed by atoms with Gasteiger partial charge in [0.25, 0.3) is 0 Å². The number of aliphatic hydroxyl groups excluding tert-OH is 1. The second kappa shape index (κ2) is 4.49. The lowest BCUT2D eigenvalue weighted by Crippen LogP contribution is -1.98.